The van der Waals surface area contributed by atoms with Gasteiger partial charge in [-0.3, -0.25) is 9.11 Å². The van der Waals surface area contributed by atoms with Gasteiger partial charge >= 0.3 is 0 Å². The van der Waals surface area contributed by atoms with E-state index in [1.807, 2.05) is 24.3 Å². The van der Waals surface area contributed by atoms with E-state index in [-0.39, 0.29) is 24.3 Å². The van der Waals surface area contributed by atoms with Gasteiger partial charge in [0.25, 0.3) is 25.2 Å². The van der Waals surface area contributed by atoms with Crippen LogP contribution in [0.25, 0.3) is 37.8 Å². The molecule has 2 N–H and O–H groups in total. The standard InChI is InChI=1S/C33H32N2O6S4/c1-2-23(21-30-34(17-7-19-44(36,37)38)28-15-13-25-10-4-6-12-27(25)33(28)43-30)22-31-35(18-8-20-45(39,40)41)32-26-11-5-3-9-24(26)14-16-29(32)42-31/h3-6,9-16,21-22H,2,7-8,17-20H2,1H3,(H-,36,37,38,39,40,41)/p+1. The Morgan fingerprint density at radius 2 is 1.49 bits per heavy atom. The van der Waals surface area contributed by atoms with E-state index >= 15 is 0 Å². The minimum absolute atomic E-state index is 0.266. The Kier molecular flexibility index (Phi) is 9.06. The average molecular weight is 682 g/mol. The van der Waals surface area contributed by atoms with Gasteiger partial charge < -0.3 is 4.90 Å². The first-order chi connectivity index (χ1) is 21.5. The monoisotopic (exact) mass is 681 g/mol. The van der Waals surface area contributed by atoms with Crippen molar-refractivity contribution >= 4 is 86.9 Å². The van der Waals surface area contributed by atoms with Gasteiger partial charge in [-0.15, -0.1) is 0 Å². The van der Waals surface area contributed by atoms with Gasteiger partial charge in [0.2, 0.25) is 5.52 Å². The maximum Gasteiger partial charge on any atom is 0.265 e. The summed E-state index contributed by atoms with van der Waals surface area (Å²) in [6, 6.07) is 24.6. The fourth-order valence-electron chi connectivity index (χ4n) is 5.74. The number of benzene rings is 4. The normalized spacial score (nSPS) is 15.1. The fourth-order valence-corrected chi connectivity index (χ4v) is 9.21. The van der Waals surface area contributed by atoms with Crippen LogP contribution < -0.4 is 9.47 Å². The second kappa shape index (κ2) is 12.9. The maximum absolute atomic E-state index is 11.5. The highest BCUT2D eigenvalue weighted by atomic mass is 32.2. The minimum Gasteiger partial charge on any atom is -0.335 e. The summed E-state index contributed by atoms with van der Waals surface area (Å²) in [6.45, 7) is 2.92. The Hall–Kier alpha value is -3.26. The van der Waals surface area contributed by atoms with Gasteiger partial charge in [0.05, 0.1) is 27.6 Å². The number of rotatable bonds is 11. The van der Waals surface area contributed by atoms with Crippen molar-refractivity contribution in [3.8, 4) is 0 Å². The second-order valence-corrected chi connectivity index (χ2v) is 16.2. The molecule has 5 aromatic rings. The van der Waals surface area contributed by atoms with Crippen molar-refractivity contribution in [2.75, 3.05) is 23.0 Å². The van der Waals surface area contributed by atoms with Crippen LogP contribution in [-0.4, -0.2) is 44.0 Å². The molecule has 0 spiro atoms. The van der Waals surface area contributed by atoms with E-state index in [0.29, 0.717) is 13.1 Å². The van der Waals surface area contributed by atoms with Crippen LogP contribution in [0.1, 0.15) is 31.2 Å². The maximum atomic E-state index is 11.5. The topological polar surface area (TPSA) is 116 Å². The van der Waals surface area contributed by atoms with Crippen LogP contribution in [0.15, 0.2) is 94.4 Å². The van der Waals surface area contributed by atoms with Crippen molar-refractivity contribution in [1.29, 1.82) is 0 Å². The molecular weight excluding hydrogens is 649 g/mol. The average Bonchev–Trinajstić information content (AvgIpc) is 3.53. The second-order valence-electron chi connectivity index (χ2n) is 10.9. The molecule has 0 unspecified atom stereocenters. The molecule has 0 radical (unpaired) electrons. The zero-order chi connectivity index (χ0) is 31.8. The van der Waals surface area contributed by atoms with Crippen molar-refractivity contribution in [3.63, 3.8) is 0 Å². The molecule has 0 aliphatic carbocycles. The number of hydrogen-bond acceptors (Lipinski definition) is 7. The lowest BCUT2D eigenvalue weighted by molar-refractivity contribution is -0.667. The molecule has 0 bridgehead atoms. The molecule has 8 nitrogen and oxygen atoms in total. The van der Waals surface area contributed by atoms with Crippen LogP contribution in [-0.2, 0) is 26.8 Å². The van der Waals surface area contributed by atoms with Crippen LogP contribution in [0.4, 0.5) is 5.69 Å². The van der Waals surface area contributed by atoms with Gasteiger partial charge in [0.15, 0.2) is 6.54 Å². The van der Waals surface area contributed by atoms with Gasteiger partial charge in [0, 0.05) is 23.9 Å². The molecule has 45 heavy (non-hydrogen) atoms. The van der Waals surface area contributed by atoms with Gasteiger partial charge in [-0.25, -0.2) is 0 Å². The third kappa shape index (κ3) is 7.11. The van der Waals surface area contributed by atoms with E-state index < -0.39 is 20.2 Å². The molecule has 4 aromatic carbocycles. The highest BCUT2D eigenvalue weighted by Gasteiger charge is 2.28. The number of allylic oxidation sites excluding steroid dienone is 2. The number of nitrogens with zero attached hydrogens (tertiary/aromatic N) is 2. The van der Waals surface area contributed by atoms with Crippen molar-refractivity contribution in [3.05, 3.63) is 94.5 Å². The first-order valence-electron chi connectivity index (χ1n) is 14.6. The van der Waals surface area contributed by atoms with Crippen LogP contribution >= 0.6 is 23.1 Å². The van der Waals surface area contributed by atoms with E-state index in [0.717, 1.165) is 64.4 Å². The summed E-state index contributed by atoms with van der Waals surface area (Å²) in [5, 5.41) is 6.35. The van der Waals surface area contributed by atoms with Crippen LogP contribution in [0, 0.1) is 0 Å². The quantitative estimate of drug-likeness (QED) is 0.110. The van der Waals surface area contributed by atoms with E-state index in [4.69, 9.17) is 0 Å². The van der Waals surface area contributed by atoms with Crippen molar-refractivity contribution in [2.45, 2.75) is 37.6 Å². The summed E-state index contributed by atoms with van der Waals surface area (Å²) in [4.78, 5) is 3.23. The first kappa shape index (κ1) is 31.7. The van der Waals surface area contributed by atoms with Gasteiger partial charge in [-0.2, -0.15) is 21.4 Å². The van der Waals surface area contributed by atoms with E-state index in [1.54, 1.807) is 23.1 Å². The predicted molar refractivity (Wildman–Crippen MR) is 185 cm³/mol. The SMILES string of the molecule is CCC(=C/c1sc2ccc3ccccc3c2[n+]1CCCS(=O)(=O)O)/C=C1/Sc2c(ccc3ccccc23)N1CCCS(=O)(=O)O. The van der Waals surface area contributed by atoms with E-state index in [9.17, 15) is 25.9 Å². The lowest BCUT2D eigenvalue weighted by atomic mass is 10.1. The van der Waals surface area contributed by atoms with Gasteiger partial charge in [0.1, 0.15) is 4.70 Å². The van der Waals surface area contributed by atoms with Crippen LogP contribution in [0.3, 0.4) is 0 Å². The molecule has 1 aromatic heterocycles. The number of aromatic nitrogens is 1. The van der Waals surface area contributed by atoms with Crippen LogP contribution in [0.2, 0.25) is 0 Å². The van der Waals surface area contributed by atoms with Gasteiger partial charge in [-0.05, 0) is 58.8 Å². The first-order valence-corrected chi connectivity index (χ1v) is 19.5. The number of thioether (sulfide) groups is 1. The highest BCUT2D eigenvalue weighted by molar-refractivity contribution is 8.04. The summed E-state index contributed by atoms with van der Waals surface area (Å²) >= 11 is 3.29. The van der Waals surface area contributed by atoms with Gasteiger partial charge in [-0.1, -0.05) is 84.6 Å². The molecule has 234 valence electrons. The third-order valence-electron chi connectivity index (χ3n) is 7.83. The molecule has 0 fully saturated rings. The van der Waals surface area contributed by atoms with Crippen molar-refractivity contribution in [2.24, 2.45) is 0 Å². The molecule has 1 aliphatic rings. The fraction of sp³-hybridized carbons (Fsp3) is 0.242. The summed E-state index contributed by atoms with van der Waals surface area (Å²) in [7, 11) is -8.17. The minimum atomic E-state index is -4.09. The smallest absolute Gasteiger partial charge is 0.265 e. The number of aryl methyl sites for hydroxylation is 1. The molecule has 0 atom stereocenters. The third-order valence-corrected chi connectivity index (χ3v) is 11.7. The number of hydrogen-bond donors (Lipinski definition) is 2. The molecule has 2 heterocycles. The van der Waals surface area contributed by atoms with Crippen molar-refractivity contribution in [1.82, 2.24) is 0 Å². The van der Waals surface area contributed by atoms with E-state index in [1.165, 1.54) is 0 Å². The predicted octanol–water partition coefficient (Wildman–Crippen LogP) is 7.30. The Bertz CT molecular complexity index is 2210. The zero-order valence-electron chi connectivity index (χ0n) is 24.6. The Labute approximate surface area is 271 Å². The molecular formula is C33H33N2O6S4+. The summed E-state index contributed by atoms with van der Waals surface area (Å²) in [5.41, 5.74) is 3.09. The summed E-state index contributed by atoms with van der Waals surface area (Å²) < 4.78 is 68.1. The molecule has 12 heteroatoms. The number of thiazole rings is 1. The molecule has 6 rings (SSSR count). The molecule has 1 aliphatic heterocycles. The van der Waals surface area contributed by atoms with E-state index in [2.05, 4.69) is 77.1 Å². The summed E-state index contributed by atoms with van der Waals surface area (Å²) in [5.74, 6) is -0.641. The highest BCUT2D eigenvalue weighted by Crippen LogP contribution is 2.50. The Morgan fingerprint density at radius 1 is 0.844 bits per heavy atom. The number of anilines is 1. The lowest BCUT2D eigenvalue weighted by Crippen LogP contribution is -2.36. The largest absolute Gasteiger partial charge is 0.335 e. The molecule has 0 amide bonds. The summed E-state index contributed by atoms with van der Waals surface area (Å²) in [6.07, 6.45) is 5.53. The van der Waals surface area contributed by atoms with Crippen LogP contribution in [0.5, 0.6) is 0 Å². The Balaban J connectivity index is 1.44. The Morgan fingerprint density at radius 3 is 2.20 bits per heavy atom. The zero-order valence-corrected chi connectivity index (χ0v) is 27.9. The molecule has 0 saturated heterocycles. The van der Waals surface area contributed by atoms with Crippen molar-refractivity contribution < 1.29 is 30.5 Å². The lowest BCUT2D eigenvalue weighted by Gasteiger charge is -2.20. The molecule has 0 saturated carbocycles. The number of fused-ring (bicyclic) bond motifs is 6.